The molecule has 1 aliphatic heterocycles. The first kappa shape index (κ1) is 19.4. The van der Waals surface area contributed by atoms with Crippen LogP contribution in [0.15, 0.2) is 30.3 Å². The molecule has 0 aliphatic carbocycles. The number of unbranched alkanes of at least 4 members (excludes halogenated alkanes) is 1. The third-order valence-electron chi connectivity index (χ3n) is 4.82. The first-order chi connectivity index (χ1) is 13.4. The van der Waals surface area contributed by atoms with Crippen molar-refractivity contribution in [2.24, 2.45) is 5.73 Å². The van der Waals surface area contributed by atoms with Gasteiger partial charge in [0.2, 0.25) is 0 Å². The highest BCUT2D eigenvalue weighted by Gasteiger charge is 2.34. The zero-order valence-electron chi connectivity index (χ0n) is 15.2. The van der Waals surface area contributed by atoms with Gasteiger partial charge in [-0.3, -0.25) is 29.4 Å². The van der Waals surface area contributed by atoms with Gasteiger partial charge in [0.15, 0.2) is 0 Å². The molecular formula is C19H19N3O6. The zero-order valence-corrected chi connectivity index (χ0v) is 15.2. The molecule has 0 bridgehead atoms. The number of rotatable bonds is 7. The minimum Gasteiger partial charge on any atom is -0.468 e. The van der Waals surface area contributed by atoms with Gasteiger partial charge in [-0.2, -0.15) is 0 Å². The van der Waals surface area contributed by atoms with Crippen LogP contribution in [-0.4, -0.2) is 47.3 Å². The van der Waals surface area contributed by atoms with Crippen molar-refractivity contribution in [2.75, 3.05) is 13.7 Å². The van der Waals surface area contributed by atoms with E-state index in [2.05, 4.69) is 4.74 Å². The van der Waals surface area contributed by atoms with E-state index in [0.29, 0.717) is 24.6 Å². The number of hydrogen-bond donors (Lipinski definition) is 1. The quantitative estimate of drug-likeness (QED) is 0.253. The van der Waals surface area contributed by atoms with Crippen LogP contribution in [0.4, 0.5) is 5.69 Å². The first-order valence-corrected chi connectivity index (χ1v) is 8.76. The van der Waals surface area contributed by atoms with Crippen LogP contribution >= 0.6 is 0 Å². The Morgan fingerprint density at radius 1 is 1.18 bits per heavy atom. The maximum absolute atomic E-state index is 12.8. The Hall–Kier alpha value is -3.33. The van der Waals surface area contributed by atoms with Crippen LogP contribution in [0.2, 0.25) is 0 Å². The van der Waals surface area contributed by atoms with Crippen molar-refractivity contribution in [3.8, 4) is 0 Å². The predicted molar refractivity (Wildman–Crippen MR) is 99.8 cm³/mol. The summed E-state index contributed by atoms with van der Waals surface area (Å²) in [6.07, 6.45) is 1.38. The van der Waals surface area contributed by atoms with Crippen molar-refractivity contribution in [2.45, 2.75) is 25.3 Å². The lowest BCUT2D eigenvalue weighted by Gasteiger charge is -2.27. The number of nitrogens with two attached hydrogens (primary N) is 1. The molecule has 2 aromatic rings. The minimum atomic E-state index is -0.743. The van der Waals surface area contributed by atoms with E-state index in [1.807, 2.05) is 0 Å². The number of esters is 1. The van der Waals surface area contributed by atoms with Gasteiger partial charge < -0.3 is 10.5 Å². The Bertz CT molecular complexity index is 965. The van der Waals surface area contributed by atoms with E-state index in [4.69, 9.17) is 5.73 Å². The number of amides is 2. The Labute approximate surface area is 160 Å². The summed E-state index contributed by atoms with van der Waals surface area (Å²) in [6, 6.07) is 6.58. The third kappa shape index (κ3) is 3.31. The summed E-state index contributed by atoms with van der Waals surface area (Å²) in [6.45, 7) is 0.165. The fourth-order valence-electron chi connectivity index (χ4n) is 3.40. The largest absolute Gasteiger partial charge is 0.468 e. The summed E-state index contributed by atoms with van der Waals surface area (Å²) < 4.78 is 4.56. The van der Waals surface area contributed by atoms with E-state index >= 15 is 0 Å². The zero-order chi connectivity index (χ0) is 20.4. The number of benzene rings is 2. The SMILES string of the molecule is COC(=O)[C@@H](N)CCCCN1C(=O)c2cccc3c([N+](=O)[O-])ccc(c23)C1=O. The van der Waals surface area contributed by atoms with Gasteiger partial charge >= 0.3 is 5.97 Å². The molecule has 0 aromatic heterocycles. The van der Waals surface area contributed by atoms with E-state index < -0.39 is 28.7 Å². The van der Waals surface area contributed by atoms with Gasteiger partial charge in [-0.15, -0.1) is 0 Å². The molecule has 0 unspecified atom stereocenters. The maximum Gasteiger partial charge on any atom is 0.322 e. The second-order valence-corrected chi connectivity index (χ2v) is 6.50. The number of nitro benzene ring substituents is 1. The summed E-state index contributed by atoms with van der Waals surface area (Å²) in [5.74, 6) is -1.48. The Morgan fingerprint density at radius 2 is 1.86 bits per heavy atom. The molecule has 2 amide bonds. The number of nitro groups is 1. The average molecular weight is 385 g/mol. The number of carbonyl (C=O) groups is 3. The van der Waals surface area contributed by atoms with E-state index in [1.165, 1.54) is 25.3 Å². The number of carbonyl (C=O) groups excluding carboxylic acids is 3. The molecular weight excluding hydrogens is 366 g/mol. The first-order valence-electron chi connectivity index (χ1n) is 8.76. The second-order valence-electron chi connectivity index (χ2n) is 6.50. The Kier molecular flexibility index (Phi) is 5.36. The van der Waals surface area contributed by atoms with Gasteiger partial charge in [0.1, 0.15) is 6.04 Å². The molecule has 2 N–H and O–H groups in total. The summed E-state index contributed by atoms with van der Waals surface area (Å²) in [7, 11) is 1.26. The smallest absolute Gasteiger partial charge is 0.322 e. The molecule has 1 aliphatic rings. The van der Waals surface area contributed by atoms with Crippen molar-refractivity contribution >= 4 is 34.2 Å². The van der Waals surface area contributed by atoms with Crippen LogP contribution in [0.25, 0.3) is 10.8 Å². The standard InChI is InChI=1S/C19H19N3O6/c1-28-19(25)14(20)7-2-3-10-21-17(23)12-6-4-5-11-15(22(26)27)9-8-13(16(11)12)18(21)24/h4-6,8-9,14H,2-3,7,10,20H2,1H3/t14-/m0/s1. The predicted octanol–water partition coefficient (Wildman–Crippen LogP) is 2.01. The van der Waals surface area contributed by atoms with Gasteiger partial charge in [-0.1, -0.05) is 6.07 Å². The second kappa shape index (κ2) is 7.73. The number of non-ortho nitro benzene ring substituents is 1. The summed E-state index contributed by atoms with van der Waals surface area (Å²) in [5.41, 5.74) is 6.06. The lowest BCUT2D eigenvalue weighted by Crippen LogP contribution is -2.41. The monoisotopic (exact) mass is 385 g/mol. The highest BCUT2D eigenvalue weighted by Crippen LogP contribution is 2.35. The van der Waals surface area contributed by atoms with E-state index in [1.54, 1.807) is 12.1 Å². The van der Waals surface area contributed by atoms with Gasteiger partial charge in [0, 0.05) is 29.1 Å². The lowest BCUT2D eigenvalue weighted by atomic mass is 9.93. The molecule has 0 spiro atoms. The van der Waals surface area contributed by atoms with E-state index in [-0.39, 0.29) is 28.7 Å². The molecule has 9 heteroatoms. The summed E-state index contributed by atoms with van der Waals surface area (Å²) in [5, 5.41) is 11.8. The third-order valence-corrected chi connectivity index (χ3v) is 4.82. The number of ether oxygens (including phenoxy) is 1. The lowest BCUT2D eigenvalue weighted by molar-refractivity contribution is -0.383. The summed E-state index contributed by atoms with van der Waals surface area (Å²) in [4.78, 5) is 48.8. The minimum absolute atomic E-state index is 0.147. The maximum atomic E-state index is 12.8. The average Bonchev–Trinajstić information content (AvgIpc) is 2.69. The van der Waals surface area contributed by atoms with E-state index in [9.17, 15) is 24.5 Å². The van der Waals surface area contributed by atoms with Gasteiger partial charge in [-0.25, -0.2) is 0 Å². The molecule has 28 heavy (non-hydrogen) atoms. The number of imide groups is 1. The molecule has 0 saturated carbocycles. The molecule has 0 radical (unpaired) electrons. The molecule has 1 heterocycles. The van der Waals surface area contributed by atoms with Gasteiger partial charge in [-0.05, 0) is 37.5 Å². The van der Waals surface area contributed by atoms with Crippen LogP contribution in [0, 0.1) is 10.1 Å². The number of methoxy groups -OCH3 is 1. The van der Waals surface area contributed by atoms with Crippen molar-refractivity contribution < 1.29 is 24.0 Å². The van der Waals surface area contributed by atoms with Crippen molar-refractivity contribution in [1.29, 1.82) is 0 Å². The molecule has 3 rings (SSSR count). The van der Waals surface area contributed by atoms with Crippen LogP contribution in [0.5, 0.6) is 0 Å². The van der Waals surface area contributed by atoms with Gasteiger partial charge in [0.25, 0.3) is 17.5 Å². The van der Waals surface area contributed by atoms with Crippen LogP contribution in [0.1, 0.15) is 40.0 Å². The highest BCUT2D eigenvalue weighted by atomic mass is 16.6. The fourth-order valence-corrected chi connectivity index (χ4v) is 3.40. The van der Waals surface area contributed by atoms with Crippen molar-refractivity contribution in [1.82, 2.24) is 4.90 Å². The van der Waals surface area contributed by atoms with Crippen LogP contribution < -0.4 is 5.73 Å². The molecule has 2 aromatic carbocycles. The Balaban J connectivity index is 1.81. The van der Waals surface area contributed by atoms with Crippen molar-refractivity contribution in [3.63, 3.8) is 0 Å². The topological polar surface area (TPSA) is 133 Å². The highest BCUT2D eigenvalue weighted by molar-refractivity contribution is 6.26. The number of hydrogen-bond acceptors (Lipinski definition) is 7. The normalized spacial score (nSPS) is 14.3. The Morgan fingerprint density at radius 3 is 2.50 bits per heavy atom. The van der Waals surface area contributed by atoms with Crippen LogP contribution in [-0.2, 0) is 9.53 Å². The number of nitrogens with zero attached hydrogens (tertiary/aromatic N) is 2. The summed E-state index contributed by atoms with van der Waals surface area (Å²) >= 11 is 0. The molecule has 1 atom stereocenters. The van der Waals surface area contributed by atoms with Crippen LogP contribution in [0.3, 0.4) is 0 Å². The van der Waals surface area contributed by atoms with Gasteiger partial charge in [0.05, 0.1) is 17.4 Å². The molecule has 0 fully saturated rings. The molecule has 146 valence electrons. The van der Waals surface area contributed by atoms with E-state index in [0.717, 1.165) is 4.90 Å². The fraction of sp³-hybridized carbons (Fsp3) is 0.316. The van der Waals surface area contributed by atoms with Crippen molar-refractivity contribution in [3.05, 3.63) is 51.6 Å². The molecule has 0 saturated heterocycles. The molecule has 9 nitrogen and oxygen atoms in total.